The number of aromatic nitrogens is 1. The van der Waals surface area contributed by atoms with Crippen molar-refractivity contribution >= 4 is 22.9 Å². The molecule has 6 nitrogen and oxygen atoms in total. The minimum Gasteiger partial charge on any atom is -0.348 e. The van der Waals surface area contributed by atoms with Gasteiger partial charge in [-0.1, -0.05) is 24.3 Å². The Morgan fingerprint density at radius 1 is 1.21 bits per heavy atom. The fourth-order valence-electron chi connectivity index (χ4n) is 2.23. The van der Waals surface area contributed by atoms with Crippen LogP contribution in [0.4, 0.5) is 5.69 Å². The molecule has 0 bridgehead atoms. The van der Waals surface area contributed by atoms with Gasteiger partial charge in [-0.05, 0) is 17.7 Å². The molecule has 0 aliphatic heterocycles. The van der Waals surface area contributed by atoms with E-state index in [2.05, 4.69) is 10.3 Å². The largest absolute Gasteiger partial charge is 0.348 e. The molecule has 1 amide bonds. The summed E-state index contributed by atoms with van der Waals surface area (Å²) in [6.07, 6.45) is 1.75. The van der Waals surface area contributed by atoms with E-state index in [1.165, 1.54) is 18.2 Å². The maximum absolute atomic E-state index is 12.2. The normalized spacial score (nSPS) is 10.3. The van der Waals surface area contributed by atoms with Crippen molar-refractivity contribution in [1.82, 2.24) is 10.3 Å². The number of benzene rings is 2. The highest BCUT2D eigenvalue weighted by atomic mass is 32.1. The minimum absolute atomic E-state index is 0.103. The third kappa shape index (κ3) is 3.64. The Kier molecular flexibility index (Phi) is 4.62. The van der Waals surface area contributed by atoms with Crippen molar-refractivity contribution in [1.29, 1.82) is 0 Å². The fourth-order valence-corrected chi connectivity index (χ4v) is 2.86. The molecule has 0 aliphatic rings. The molecule has 1 aromatic heterocycles. The van der Waals surface area contributed by atoms with Crippen molar-refractivity contribution < 1.29 is 9.72 Å². The van der Waals surface area contributed by atoms with Gasteiger partial charge in [-0.15, -0.1) is 11.3 Å². The van der Waals surface area contributed by atoms with Crippen LogP contribution in [0.5, 0.6) is 0 Å². The second-order valence-electron chi connectivity index (χ2n) is 5.03. The van der Waals surface area contributed by atoms with E-state index < -0.39 is 4.92 Å². The monoisotopic (exact) mass is 339 g/mol. The van der Waals surface area contributed by atoms with E-state index in [0.717, 1.165) is 16.1 Å². The molecule has 0 aliphatic carbocycles. The molecule has 0 unspecified atom stereocenters. The van der Waals surface area contributed by atoms with Crippen LogP contribution in [0.3, 0.4) is 0 Å². The molecule has 1 N–H and O–H groups in total. The van der Waals surface area contributed by atoms with E-state index in [4.69, 9.17) is 0 Å². The Morgan fingerprint density at radius 2 is 2.04 bits per heavy atom. The van der Waals surface area contributed by atoms with Crippen LogP contribution in [0.1, 0.15) is 15.9 Å². The number of hydrogen-bond donors (Lipinski definition) is 1. The topological polar surface area (TPSA) is 85.1 Å². The zero-order valence-electron chi connectivity index (χ0n) is 12.5. The first-order valence-electron chi connectivity index (χ1n) is 7.15. The summed E-state index contributed by atoms with van der Waals surface area (Å²) in [6, 6.07) is 13.4. The number of carbonyl (C=O) groups is 1. The van der Waals surface area contributed by atoms with Crippen LogP contribution in [0.2, 0.25) is 0 Å². The van der Waals surface area contributed by atoms with Crippen LogP contribution in [0, 0.1) is 10.1 Å². The quantitative estimate of drug-likeness (QED) is 0.568. The van der Waals surface area contributed by atoms with Crippen LogP contribution < -0.4 is 5.32 Å². The summed E-state index contributed by atoms with van der Waals surface area (Å²) < 4.78 is 0. The predicted molar refractivity (Wildman–Crippen MR) is 91.8 cm³/mol. The second kappa shape index (κ2) is 7.01. The van der Waals surface area contributed by atoms with Gasteiger partial charge in [0.15, 0.2) is 0 Å². The predicted octanol–water partition coefficient (Wildman–Crippen LogP) is 3.65. The number of hydrogen-bond acceptors (Lipinski definition) is 5. The zero-order chi connectivity index (χ0) is 16.9. The summed E-state index contributed by atoms with van der Waals surface area (Å²) >= 11 is 1.55. The zero-order valence-corrected chi connectivity index (χ0v) is 13.3. The first kappa shape index (κ1) is 15.8. The van der Waals surface area contributed by atoms with Gasteiger partial charge in [-0.2, -0.15) is 0 Å². The average Bonchev–Trinajstić information content (AvgIpc) is 3.15. The van der Waals surface area contributed by atoms with Gasteiger partial charge in [0.05, 0.1) is 4.92 Å². The Balaban J connectivity index is 1.69. The average molecular weight is 339 g/mol. The lowest BCUT2D eigenvalue weighted by atomic mass is 10.1. The Bertz CT molecular complexity index is 878. The van der Waals surface area contributed by atoms with Crippen LogP contribution in [0.15, 0.2) is 60.1 Å². The first-order chi connectivity index (χ1) is 11.6. The van der Waals surface area contributed by atoms with Crippen molar-refractivity contribution in [2.45, 2.75) is 6.54 Å². The van der Waals surface area contributed by atoms with Crippen molar-refractivity contribution in [3.63, 3.8) is 0 Å². The standard InChI is InChI=1S/C17H13N3O3S/c21-16(13-4-2-6-15(10-13)20(22)23)19-11-12-3-1-5-14(9-12)17-18-7-8-24-17/h1-10H,11H2,(H,19,21). The Labute approximate surface area is 141 Å². The first-order valence-corrected chi connectivity index (χ1v) is 8.03. The van der Waals surface area contributed by atoms with E-state index in [0.29, 0.717) is 6.54 Å². The number of nitrogens with zero attached hydrogens (tertiary/aromatic N) is 2. The molecule has 0 spiro atoms. The van der Waals surface area contributed by atoms with Gasteiger partial charge in [0.1, 0.15) is 5.01 Å². The highest BCUT2D eigenvalue weighted by Gasteiger charge is 2.11. The smallest absolute Gasteiger partial charge is 0.270 e. The highest BCUT2D eigenvalue weighted by Crippen LogP contribution is 2.22. The lowest BCUT2D eigenvalue weighted by molar-refractivity contribution is -0.384. The number of nitrogens with one attached hydrogen (secondary N) is 1. The summed E-state index contributed by atoms with van der Waals surface area (Å²) in [4.78, 5) is 26.7. The lowest BCUT2D eigenvalue weighted by Crippen LogP contribution is -2.22. The maximum atomic E-state index is 12.2. The molecule has 0 fully saturated rings. The van der Waals surface area contributed by atoms with Crippen molar-refractivity contribution in [2.75, 3.05) is 0 Å². The van der Waals surface area contributed by atoms with Crippen LogP contribution in [-0.2, 0) is 6.54 Å². The summed E-state index contributed by atoms with van der Waals surface area (Å²) in [7, 11) is 0. The molecule has 2 aromatic carbocycles. The molecule has 0 saturated heterocycles. The van der Waals surface area contributed by atoms with Gasteiger partial charge in [-0.25, -0.2) is 4.98 Å². The highest BCUT2D eigenvalue weighted by molar-refractivity contribution is 7.13. The Morgan fingerprint density at radius 3 is 2.79 bits per heavy atom. The molecule has 120 valence electrons. The number of carbonyl (C=O) groups excluding carboxylic acids is 1. The number of non-ortho nitro benzene ring substituents is 1. The van der Waals surface area contributed by atoms with Gasteiger partial charge < -0.3 is 5.32 Å². The number of rotatable bonds is 5. The molecule has 7 heteroatoms. The third-order valence-corrected chi connectivity index (χ3v) is 4.20. The van der Waals surface area contributed by atoms with Crippen molar-refractivity contribution in [3.05, 3.63) is 81.3 Å². The van der Waals surface area contributed by atoms with Crippen LogP contribution in [0.25, 0.3) is 10.6 Å². The Hall–Kier alpha value is -3.06. The number of nitro groups is 1. The molecule has 3 rings (SSSR count). The molecular weight excluding hydrogens is 326 g/mol. The summed E-state index contributed by atoms with van der Waals surface area (Å²) in [6.45, 7) is 0.334. The van der Waals surface area contributed by atoms with Crippen molar-refractivity contribution in [3.8, 4) is 10.6 Å². The number of nitro benzene ring substituents is 1. The fraction of sp³-hybridized carbons (Fsp3) is 0.0588. The number of thiazole rings is 1. The van der Waals surface area contributed by atoms with E-state index in [1.54, 1.807) is 23.6 Å². The third-order valence-electron chi connectivity index (χ3n) is 3.38. The molecular formula is C17H13N3O3S. The minimum atomic E-state index is -0.520. The van der Waals surface area contributed by atoms with E-state index >= 15 is 0 Å². The van der Waals surface area contributed by atoms with Gasteiger partial charge in [0.25, 0.3) is 11.6 Å². The molecule has 0 atom stereocenters. The van der Waals surface area contributed by atoms with Gasteiger partial charge in [0, 0.05) is 41.4 Å². The molecule has 1 heterocycles. The summed E-state index contributed by atoms with van der Waals surface area (Å²) in [5.74, 6) is -0.349. The SMILES string of the molecule is O=C(NCc1cccc(-c2nccs2)c1)c1cccc([N+](=O)[O-])c1. The maximum Gasteiger partial charge on any atom is 0.270 e. The van der Waals surface area contributed by atoms with E-state index in [1.807, 2.05) is 29.6 Å². The molecule has 0 saturated carbocycles. The van der Waals surface area contributed by atoms with Crippen LogP contribution in [-0.4, -0.2) is 15.8 Å². The van der Waals surface area contributed by atoms with Crippen molar-refractivity contribution in [2.24, 2.45) is 0 Å². The van der Waals surface area contributed by atoms with E-state index in [-0.39, 0.29) is 17.2 Å². The summed E-state index contributed by atoms with van der Waals surface area (Å²) in [5.41, 5.74) is 2.09. The van der Waals surface area contributed by atoms with Gasteiger partial charge in [0.2, 0.25) is 0 Å². The number of amides is 1. The van der Waals surface area contributed by atoms with Gasteiger partial charge in [-0.3, -0.25) is 14.9 Å². The lowest BCUT2D eigenvalue weighted by Gasteiger charge is -2.06. The molecule has 24 heavy (non-hydrogen) atoms. The second-order valence-corrected chi connectivity index (χ2v) is 5.92. The molecule has 0 radical (unpaired) electrons. The van der Waals surface area contributed by atoms with Crippen LogP contribution >= 0.6 is 11.3 Å². The summed E-state index contributed by atoms with van der Waals surface area (Å²) in [5, 5.41) is 16.4. The molecule has 3 aromatic rings. The van der Waals surface area contributed by atoms with E-state index in [9.17, 15) is 14.9 Å². The van der Waals surface area contributed by atoms with Gasteiger partial charge >= 0.3 is 0 Å².